The number of carbonyl (C=O) groups excluding carboxylic acids is 3. The first-order valence-corrected chi connectivity index (χ1v) is 9.44. The second kappa shape index (κ2) is 7.84. The molecule has 0 radical (unpaired) electrons. The van der Waals surface area contributed by atoms with Crippen LogP contribution in [0, 0.1) is 0 Å². The first-order chi connectivity index (χ1) is 12.4. The van der Waals surface area contributed by atoms with Crippen LogP contribution in [0.25, 0.3) is 0 Å². The first kappa shape index (κ1) is 19.0. The first-order valence-electron chi connectivity index (χ1n) is 8.69. The lowest BCUT2D eigenvalue weighted by molar-refractivity contribution is -0.141. The number of rotatable bonds is 2. The minimum absolute atomic E-state index is 0.0226. The van der Waals surface area contributed by atoms with Gasteiger partial charge in [-0.25, -0.2) is 0 Å². The van der Waals surface area contributed by atoms with Gasteiger partial charge in [0.05, 0.1) is 10.0 Å². The van der Waals surface area contributed by atoms with Crippen LogP contribution in [-0.4, -0.2) is 71.2 Å². The van der Waals surface area contributed by atoms with Gasteiger partial charge in [0.25, 0.3) is 5.91 Å². The zero-order chi connectivity index (χ0) is 18.8. The maximum absolute atomic E-state index is 12.9. The van der Waals surface area contributed by atoms with Gasteiger partial charge in [0.2, 0.25) is 11.8 Å². The molecule has 0 N–H and O–H groups in total. The molecule has 3 rings (SSSR count). The van der Waals surface area contributed by atoms with Crippen LogP contribution in [0.15, 0.2) is 18.2 Å². The van der Waals surface area contributed by atoms with E-state index in [1.807, 2.05) is 0 Å². The highest BCUT2D eigenvalue weighted by Crippen LogP contribution is 2.26. The van der Waals surface area contributed by atoms with Crippen LogP contribution in [0.4, 0.5) is 0 Å². The van der Waals surface area contributed by atoms with E-state index >= 15 is 0 Å². The summed E-state index contributed by atoms with van der Waals surface area (Å²) in [5.41, 5.74) is 0.431. The zero-order valence-electron chi connectivity index (χ0n) is 14.6. The molecule has 6 nitrogen and oxygen atoms in total. The average Bonchev–Trinajstić information content (AvgIpc) is 3.12. The summed E-state index contributed by atoms with van der Waals surface area (Å²) in [6.45, 7) is 4.16. The van der Waals surface area contributed by atoms with Crippen molar-refractivity contribution in [2.75, 3.05) is 32.7 Å². The van der Waals surface area contributed by atoms with Crippen molar-refractivity contribution < 1.29 is 14.4 Å². The summed E-state index contributed by atoms with van der Waals surface area (Å²) < 4.78 is 0. The lowest BCUT2D eigenvalue weighted by atomic mass is 10.1. The summed E-state index contributed by atoms with van der Waals surface area (Å²) in [7, 11) is 0. The highest BCUT2D eigenvalue weighted by atomic mass is 35.5. The number of likely N-dealkylation sites (tertiary alicyclic amines) is 1. The number of benzene rings is 1. The van der Waals surface area contributed by atoms with E-state index in [0.29, 0.717) is 54.8 Å². The van der Waals surface area contributed by atoms with Crippen molar-refractivity contribution in [2.24, 2.45) is 0 Å². The number of nitrogens with zero attached hydrogens (tertiary/aromatic N) is 3. The lowest BCUT2D eigenvalue weighted by Gasteiger charge is -2.37. The topological polar surface area (TPSA) is 60.9 Å². The van der Waals surface area contributed by atoms with Crippen molar-refractivity contribution >= 4 is 40.9 Å². The molecule has 2 aliphatic rings. The molecular formula is C18H21Cl2N3O3. The van der Waals surface area contributed by atoms with Crippen molar-refractivity contribution in [3.05, 3.63) is 33.8 Å². The number of piperazine rings is 1. The van der Waals surface area contributed by atoms with E-state index < -0.39 is 6.04 Å². The van der Waals surface area contributed by atoms with Gasteiger partial charge in [0.15, 0.2) is 0 Å². The predicted octanol–water partition coefficient (Wildman–Crippen LogP) is 2.29. The highest BCUT2D eigenvalue weighted by molar-refractivity contribution is 6.42. The van der Waals surface area contributed by atoms with E-state index in [2.05, 4.69) is 0 Å². The van der Waals surface area contributed by atoms with Crippen molar-refractivity contribution in [2.45, 2.75) is 25.8 Å². The number of halogens is 2. The Morgan fingerprint density at radius 3 is 2.23 bits per heavy atom. The Morgan fingerprint density at radius 2 is 1.62 bits per heavy atom. The summed E-state index contributed by atoms with van der Waals surface area (Å²) in [5.74, 6) is -0.227. The summed E-state index contributed by atoms with van der Waals surface area (Å²) in [4.78, 5) is 42.3. The quantitative estimate of drug-likeness (QED) is 0.768. The van der Waals surface area contributed by atoms with Gasteiger partial charge in [0, 0.05) is 45.2 Å². The molecule has 3 amide bonds. The molecule has 0 aromatic heterocycles. The maximum atomic E-state index is 12.9. The van der Waals surface area contributed by atoms with Gasteiger partial charge >= 0.3 is 0 Å². The number of hydrogen-bond donors (Lipinski definition) is 0. The Hall–Kier alpha value is -1.79. The molecule has 0 unspecified atom stereocenters. The Morgan fingerprint density at radius 1 is 0.962 bits per heavy atom. The molecule has 0 saturated carbocycles. The highest BCUT2D eigenvalue weighted by Gasteiger charge is 2.37. The standard InChI is InChI=1S/C18H21Cl2N3O3/c1-12(24)21-7-9-22(10-8-21)18(26)16-3-2-6-23(16)17(25)13-4-5-14(19)15(20)11-13/h4-5,11,16H,2-3,6-10H2,1H3/t16-/m1/s1. The SMILES string of the molecule is CC(=O)N1CCN(C(=O)[C@H]2CCCN2C(=O)c2ccc(Cl)c(Cl)c2)CC1. The van der Waals surface area contributed by atoms with E-state index in [1.54, 1.807) is 26.8 Å². The monoisotopic (exact) mass is 397 g/mol. The Kier molecular flexibility index (Phi) is 5.73. The van der Waals surface area contributed by atoms with Crippen LogP contribution in [0.1, 0.15) is 30.1 Å². The van der Waals surface area contributed by atoms with E-state index in [1.165, 1.54) is 13.0 Å². The second-order valence-electron chi connectivity index (χ2n) is 6.62. The van der Waals surface area contributed by atoms with Crippen LogP contribution in [-0.2, 0) is 9.59 Å². The minimum atomic E-state index is -0.458. The normalized spacial score (nSPS) is 20.4. The van der Waals surface area contributed by atoms with E-state index in [9.17, 15) is 14.4 Å². The molecule has 1 aromatic carbocycles. The van der Waals surface area contributed by atoms with Gasteiger partial charge in [-0.2, -0.15) is 0 Å². The molecule has 2 fully saturated rings. The van der Waals surface area contributed by atoms with Crippen molar-refractivity contribution in [1.29, 1.82) is 0 Å². The molecule has 8 heteroatoms. The molecule has 0 bridgehead atoms. The molecule has 0 aliphatic carbocycles. The molecule has 26 heavy (non-hydrogen) atoms. The number of hydrogen-bond acceptors (Lipinski definition) is 3. The molecule has 1 aromatic rings. The van der Waals surface area contributed by atoms with E-state index in [-0.39, 0.29) is 17.7 Å². The van der Waals surface area contributed by atoms with Crippen LogP contribution in [0.2, 0.25) is 10.0 Å². The Balaban J connectivity index is 1.69. The molecule has 2 heterocycles. The molecule has 2 saturated heterocycles. The summed E-state index contributed by atoms with van der Waals surface area (Å²) in [5, 5.41) is 0.709. The fourth-order valence-electron chi connectivity index (χ4n) is 3.51. The molecule has 1 atom stereocenters. The molecule has 0 spiro atoms. The predicted molar refractivity (Wildman–Crippen MR) is 99.4 cm³/mol. The third-order valence-corrected chi connectivity index (χ3v) is 5.74. The number of amides is 3. The smallest absolute Gasteiger partial charge is 0.254 e. The minimum Gasteiger partial charge on any atom is -0.339 e. The Labute approximate surface area is 162 Å². The third-order valence-electron chi connectivity index (χ3n) is 5.00. The average molecular weight is 398 g/mol. The fraction of sp³-hybridized carbons (Fsp3) is 0.500. The van der Waals surface area contributed by atoms with Gasteiger partial charge in [0.1, 0.15) is 6.04 Å². The summed E-state index contributed by atoms with van der Waals surface area (Å²) in [6.07, 6.45) is 1.44. The van der Waals surface area contributed by atoms with Crippen molar-refractivity contribution in [3.8, 4) is 0 Å². The lowest BCUT2D eigenvalue weighted by Crippen LogP contribution is -2.55. The second-order valence-corrected chi connectivity index (χ2v) is 7.43. The van der Waals surface area contributed by atoms with Crippen LogP contribution >= 0.6 is 23.2 Å². The maximum Gasteiger partial charge on any atom is 0.254 e. The van der Waals surface area contributed by atoms with E-state index in [4.69, 9.17) is 23.2 Å². The van der Waals surface area contributed by atoms with Gasteiger partial charge in [-0.15, -0.1) is 0 Å². The summed E-state index contributed by atoms with van der Waals surface area (Å²) in [6, 6.07) is 4.30. The van der Waals surface area contributed by atoms with Gasteiger partial charge in [-0.3, -0.25) is 14.4 Å². The van der Waals surface area contributed by atoms with Crippen LogP contribution in [0.3, 0.4) is 0 Å². The molecular weight excluding hydrogens is 377 g/mol. The van der Waals surface area contributed by atoms with Gasteiger partial charge in [-0.1, -0.05) is 23.2 Å². The van der Waals surface area contributed by atoms with Crippen molar-refractivity contribution in [1.82, 2.24) is 14.7 Å². The summed E-state index contributed by atoms with van der Waals surface area (Å²) >= 11 is 11.9. The Bertz CT molecular complexity index is 732. The molecule has 2 aliphatic heterocycles. The number of carbonyl (C=O) groups is 3. The van der Waals surface area contributed by atoms with Crippen LogP contribution in [0.5, 0.6) is 0 Å². The van der Waals surface area contributed by atoms with Crippen LogP contribution < -0.4 is 0 Å². The third kappa shape index (κ3) is 3.81. The fourth-order valence-corrected chi connectivity index (χ4v) is 3.81. The van der Waals surface area contributed by atoms with Gasteiger partial charge in [-0.05, 0) is 31.0 Å². The van der Waals surface area contributed by atoms with E-state index in [0.717, 1.165) is 6.42 Å². The molecule has 140 valence electrons. The zero-order valence-corrected chi connectivity index (χ0v) is 16.1. The van der Waals surface area contributed by atoms with Crippen molar-refractivity contribution in [3.63, 3.8) is 0 Å². The largest absolute Gasteiger partial charge is 0.339 e. The van der Waals surface area contributed by atoms with Gasteiger partial charge < -0.3 is 14.7 Å².